The molecule has 0 aliphatic heterocycles. The molecule has 19 heavy (non-hydrogen) atoms. The number of carbonyl (C=O) groups is 1. The summed E-state index contributed by atoms with van der Waals surface area (Å²) >= 11 is 1.36. The van der Waals surface area contributed by atoms with Gasteiger partial charge in [0.05, 0.1) is 10.6 Å². The SMILES string of the molecule is CN(C)S(=O)c1ccc(-c2csc(NC=O)n2)cc1. The zero-order valence-corrected chi connectivity index (χ0v) is 12.1. The summed E-state index contributed by atoms with van der Waals surface area (Å²) in [7, 11) is 2.39. The van der Waals surface area contributed by atoms with E-state index in [1.54, 1.807) is 18.4 Å². The predicted molar refractivity (Wildman–Crippen MR) is 77.3 cm³/mol. The fraction of sp³-hybridized carbons (Fsp3) is 0.167. The van der Waals surface area contributed by atoms with Gasteiger partial charge in [-0.25, -0.2) is 13.5 Å². The molecule has 2 rings (SSSR count). The topological polar surface area (TPSA) is 62.3 Å². The number of nitrogens with zero attached hydrogens (tertiary/aromatic N) is 2. The summed E-state index contributed by atoms with van der Waals surface area (Å²) < 4.78 is 13.5. The number of aromatic nitrogens is 1. The molecule has 1 atom stereocenters. The molecule has 100 valence electrons. The fourth-order valence-corrected chi connectivity index (χ4v) is 2.95. The van der Waals surface area contributed by atoms with Crippen LogP contribution in [0.25, 0.3) is 11.3 Å². The van der Waals surface area contributed by atoms with Crippen molar-refractivity contribution < 1.29 is 9.00 Å². The third-order valence-corrected chi connectivity index (χ3v) is 4.48. The molecule has 0 spiro atoms. The van der Waals surface area contributed by atoms with E-state index in [9.17, 15) is 9.00 Å². The van der Waals surface area contributed by atoms with Crippen molar-refractivity contribution in [3.63, 3.8) is 0 Å². The first-order valence-electron chi connectivity index (χ1n) is 5.47. The van der Waals surface area contributed by atoms with Crippen LogP contribution in [0.3, 0.4) is 0 Å². The molecule has 0 radical (unpaired) electrons. The molecule has 2 aromatic rings. The summed E-state index contributed by atoms with van der Waals surface area (Å²) in [5.74, 6) is 0. The molecule has 1 unspecified atom stereocenters. The number of rotatable bonds is 5. The van der Waals surface area contributed by atoms with Crippen LogP contribution in [0.4, 0.5) is 5.13 Å². The lowest BCUT2D eigenvalue weighted by Gasteiger charge is -2.09. The molecule has 5 nitrogen and oxygen atoms in total. The van der Waals surface area contributed by atoms with E-state index in [1.165, 1.54) is 11.3 Å². The summed E-state index contributed by atoms with van der Waals surface area (Å²) in [6.45, 7) is 0. The third-order valence-electron chi connectivity index (χ3n) is 2.37. The molecule has 7 heteroatoms. The van der Waals surface area contributed by atoms with Crippen molar-refractivity contribution in [2.45, 2.75) is 4.90 Å². The number of hydrogen-bond acceptors (Lipinski definition) is 4. The second-order valence-corrected chi connectivity index (χ2v) is 6.44. The highest BCUT2D eigenvalue weighted by atomic mass is 32.2. The Kier molecular flexibility index (Phi) is 4.41. The Labute approximate surface area is 117 Å². The Morgan fingerprint density at radius 2 is 2.00 bits per heavy atom. The number of anilines is 1. The van der Waals surface area contributed by atoms with Crippen molar-refractivity contribution in [1.29, 1.82) is 0 Å². The maximum atomic E-state index is 11.9. The molecular weight excluding hydrogens is 282 g/mol. The van der Waals surface area contributed by atoms with E-state index in [-0.39, 0.29) is 0 Å². The van der Waals surface area contributed by atoms with Crippen molar-refractivity contribution in [3.05, 3.63) is 29.6 Å². The number of thiazole rings is 1. The number of carbonyl (C=O) groups excluding carboxylic acids is 1. The van der Waals surface area contributed by atoms with E-state index >= 15 is 0 Å². The molecule has 0 aliphatic rings. The highest BCUT2D eigenvalue weighted by molar-refractivity contribution is 7.82. The molecule has 1 aromatic carbocycles. The molecule has 0 fully saturated rings. The van der Waals surface area contributed by atoms with E-state index in [4.69, 9.17) is 0 Å². The Bertz CT molecular complexity index is 593. The Morgan fingerprint density at radius 3 is 2.58 bits per heavy atom. The molecule has 1 heterocycles. The van der Waals surface area contributed by atoms with Crippen LogP contribution >= 0.6 is 11.3 Å². The van der Waals surface area contributed by atoms with Gasteiger partial charge in [-0.15, -0.1) is 11.3 Å². The average molecular weight is 295 g/mol. The van der Waals surface area contributed by atoms with E-state index in [1.807, 2.05) is 29.6 Å². The van der Waals surface area contributed by atoms with Crippen LogP contribution in [0.5, 0.6) is 0 Å². The minimum atomic E-state index is -1.14. The van der Waals surface area contributed by atoms with Gasteiger partial charge < -0.3 is 5.32 Å². The van der Waals surface area contributed by atoms with Crippen LogP contribution in [0.1, 0.15) is 0 Å². The second kappa shape index (κ2) is 6.05. The first kappa shape index (κ1) is 13.9. The van der Waals surface area contributed by atoms with Gasteiger partial charge in [0.2, 0.25) is 6.41 Å². The standard InChI is InChI=1S/C12H13N3O2S2/c1-15(2)19(17)10-5-3-9(4-6-10)11-7-18-12(14-11)13-8-16/h3-8H,1-2H3,(H,13,14,16). The van der Waals surface area contributed by atoms with E-state index in [0.29, 0.717) is 11.5 Å². The predicted octanol–water partition coefficient (Wildman–Crippen LogP) is 1.96. The van der Waals surface area contributed by atoms with E-state index in [2.05, 4.69) is 10.3 Å². The first-order valence-corrected chi connectivity index (χ1v) is 7.46. The van der Waals surface area contributed by atoms with Crippen LogP contribution in [-0.2, 0) is 15.8 Å². The van der Waals surface area contributed by atoms with Gasteiger partial charge >= 0.3 is 0 Å². The van der Waals surface area contributed by atoms with Crippen LogP contribution in [-0.4, -0.2) is 34.0 Å². The zero-order valence-electron chi connectivity index (χ0n) is 10.5. The van der Waals surface area contributed by atoms with Gasteiger partial charge in [-0.3, -0.25) is 4.79 Å². The number of hydrogen-bond donors (Lipinski definition) is 1. The van der Waals surface area contributed by atoms with Crippen LogP contribution in [0.15, 0.2) is 34.5 Å². The smallest absolute Gasteiger partial charge is 0.213 e. The molecule has 0 saturated carbocycles. The van der Waals surface area contributed by atoms with Gasteiger partial charge in [0.25, 0.3) is 0 Å². The molecule has 1 aromatic heterocycles. The summed E-state index contributed by atoms with van der Waals surface area (Å²) in [6, 6.07) is 7.38. The minimum Gasteiger partial charge on any atom is -0.305 e. The number of amides is 1. The Hall–Kier alpha value is -1.57. The monoisotopic (exact) mass is 295 g/mol. The average Bonchev–Trinajstić information content (AvgIpc) is 2.87. The number of nitrogens with one attached hydrogen (secondary N) is 1. The van der Waals surface area contributed by atoms with Crippen LogP contribution in [0.2, 0.25) is 0 Å². The van der Waals surface area contributed by atoms with Crippen molar-refractivity contribution in [3.8, 4) is 11.3 Å². The largest absolute Gasteiger partial charge is 0.305 e. The third kappa shape index (κ3) is 3.25. The molecule has 0 saturated heterocycles. The van der Waals surface area contributed by atoms with Gasteiger partial charge in [0.15, 0.2) is 5.13 Å². The lowest BCUT2D eigenvalue weighted by molar-refractivity contribution is -0.105. The van der Waals surface area contributed by atoms with Gasteiger partial charge in [-0.05, 0) is 26.2 Å². The summed E-state index contributed by atoms with van der Waals surface area (Å²) in [5, 5.41) is 4.94. The molecule has 1 N–H and O–H groups in total. The highest BCUT2D eigenvalue weighted by Crippen LogP contribution is 2.25. The van der Waals surface area contributed by atoms with Gasteiger partial charge in [-0.2, -0.15) is 0 Å². The Morgan fingerprint density at radius 1 is 1.32 bits per heavy atom. The van der Waals surface area contributed by atoms with Gasteiger partial charge in [0.1, 0.15) is 11.0 Å². The second-order valence-electron chi connectivity index (χ2n) is 3.89. The maximum absolute atomic E-state index is 11.9. The number of benzene rings is 1. The molecule has 1 amide bonds. The van der Waals surface area contributed by atoms with E-state index in [0.717, 1.165) is 16.2 Å². The maximum Gasteiger partial charge on any atom is 0.213 e. The Balaban J connectivity index is 2.21. The quantitative estimate of drug-likeness (QED) is 0.858. The lowest BCUT2D eigenvalue weighted by atomic mass is 10.2. The normalized spacial score (nSPS) is 12.4. The van der Waals surface area contributed by atoms with Crippen molar-refractivity contribution in [2.24, 2.45) is 0 Å². The van der Waals surface area contributed by atoms with E-state index < -0.39 is 11.0 Å². The van der Waals surface area contributed by atoms with Gasteiger partial charge in [0, 0.05) is 10.9 Å². The molecule has 0 bridgehead atoms. The van der Waals surface area contributed by atoms with Crippen molar-refractivity contribution >= 4 is 33.9 Å². The van der Waals surface area contributed by atoms with Crippen molar-refractivity contribution in [1.82, 2.24) is 9.29 Å². The fourth-order valence-electron chi connectivity index (χ4n) is 1.48. The van der Waals surface area contributed by atoms with Crippen LogP contribution < -0.4 is 5.32 Å². The minimum absolute atomic E-state index is 0.561. The molecule has 0 aliphatic carbocycles. The van der Waals surface area contributed by atoms with Gasteiger partial charge in [-0.1, -0.05) is 12.1 Å². The lowest BCUT2D eigenvalue weighted by Crippen LogP contribution is -2.15. The van der Waals surface area contributed by atoms with Crippen molar-refractivity contribution in [2.75, 3.05) is 19.4 Å². The summed E-state index contributed by atoms with van der Waals surface area (Å²) in [6.07, 6.45) is 0.603. The summed E-state index contributed by atoms with van der Waals surface area (Å²) in [4.78, 5) is 15.3. The first-order chi connectivity index (χ1) is 9.11. The zero-order chi connectivity index (χ0) is 13.8. The van der Waals surface area contributed by atoms with Crippen LogP contribution in [0, 0.1) is 0 Å². The summed E-state index contributed by atoms with van der Waals surface area (Å²) in [5.41, 5.74) is 1.71. The highest BCUT2D eigenvalue weighted by Gasteiger charge is 2.08. The molecular formula is C12H13N3O2S2.